The number of amides is 3. The predicted octanol–water partition coefficient (Wildman–Crippen LogP) is 2.01. The normalized spacial score (nSPS) is 14.0. The van der Waals surface area contributed by atoms with E-state index in [2.05, 4.69) is 26.5 Å². The van der Waals surface area contributed by atoms with Crippen molar-refractivity contribution in [2.75, 3.05) is 32.8 Å². The number of hydrazone groups is 1. The molecular formula is C28H36ClN5O6. The first-order valence-corrected chi connectivity index (χ1v) is 13.4. The fourth-order valence-electron chi connectivity index (χ4n) is 3.53. The maximum atomic E-state index is 12.4. The van der Waals surface area contributed by atoms with Gasteiger partial charge in [0.25, 0.3) is 11.8 Å². The lowest BCUT2D eigenvalue weighted by atomic mass is 10.0. The molecule has 0 bridgehead atoms. The molecule has 0 saturated carbocycles. The molecule has 1 heterocycles. The van der Waals surface area contributed by atoms with Crippen LogP contribution in [0.25, 0.3) is 0 Å². The van der Waals surface area contributed by atoms with Crippen LogP contribution in [0, 0.1) is 0 Å². The summed E-state index contributed by atoms with van der Waals surface area (Å²) in [5.41, 5.74) is 4.28. The third kappa shape index (κ3) is 10.5. The van der Waals surface area contributed by atoms with Crippen LogP contribution < -0.4 is 30.8 Å². The molecule has 0 spiro atoms. The summed E-state index contributed by atoms with van der Waals surface area (Å²) >= 11 is 6.28. The third-order valence-corrected chi connectivity index (χ3v) is 5.98. The van der Waals surface area contributed by atoms with E-state index >= 15 is 0 Å². The van der Waals surface area contributed by atoms with E-state index in [4.69, 9.17) is 21.1 Å². The SMILES string of the molecule is CC(C)(C)NC[C@H](O)COc1ccc(C(=O)NCCNC(=O)COc2ccc(C3=NNC(=O)CC3)cc2Cl)cc1. The fourth-order valence-corrected chi connectivity index (χ4v) is 3.77. The first-order chi connectivity index (χ1) is 19.0. The predicted molar refractivity (Wildman–Crippen MR) is 152 cm³/mol. The van der Waals surface area contributed by atoms with Gasteiger partial charge < -0.3 is 30.5 Å². The van der Waals surface area contributed by atoms with Crippen molar-refractivity contribution in [1.29, 1.82) is 0 Å². The van der Waals surface area contributed by atoms with Crippen molar-refractivity contribution < 1.29 is 29.0 Å². The van der Waals surface area contributed by atoms with Crippen LogP contribution in [-0.2, 0) is 9.59 Å². The summed E-state index contributed by atoms with van der Waals surface area (Å²) in [6.07, 6.45) is 0.217. The molecule has 0 aromatic heterocycles. The van der Waals surface area contributed by atoms with Crippen LogP contribution in [0.15, 0.2) is 47.6 Å². The van der Waals surface area contributed by atoms with E-state index in [1.165, 1.54) is 0 Å². The van der Waals surface area contributed by atoms with E-state index in [-0.39, 0.29) is 49.6 Å². The Labute approximate surface area is 238 Å². The molecule has 1 aliphatic heterocycles. The van der Waals surface area contributed by atoms with Gasteiger partial charge in [-0.1, -0.05) is 11.6 Å². The molecule has 1 atom stereocenters. The molecule has 0 saturated heterocycles. The van der Waals surface area contributed by atoms with Gasteiger partial charge in [0.05, 0.1) is 10.7 Å². The standard InChI is InChI=1S/C28H36ClN5O6/c1-28(2,3)32-15-20(35)16-39-21-7-4-18(5-8-21)27(38)31-13-12-30-26(37)17-40-24-10-6-19(14-22(24)29)23-9-11-25(36)34-33-23/h4-8,10,14,20,32,35H,9,11-13,15-17H2,1-3H3,(H,30,37)(H,31,38)(H,34,36)/t20-/m0/s1. The van der Waals surface area contributed by atoms with Gasteiger partial charge in [-0.25, -0.2) is 5.43 Å². The molecule has 3 amide bonds. The molecule has 2 aromatic carbocycles. The lowest BCUT2D eigenvalue weighted by molar-refractivity contribution is -0.123. The molecule has 0 aliphatic carbocycles. The number of aliphatic hydroxyl groups excluding tert-OH is 1. The zero-order valence-electron chi connectivity index (χ0n) is 22.9. The van der Waals surface area contributed by atoms with Gasteiger partial charge in [0.2, 0.25) is 5.91 Å². The summed E-state index contributed by atoms with van der Waals surface area (Å²) in [6, 6.07) is 11.7. The molecule has 5 N–H and O–H groups in total. The van der Waals surface area contributed by atoms with E-state index < -0.39 is 6.10 Å². The van der Waals surface area contributed by atoms with Crippen LogP contribution in [0.1, 0.15) is 49.5 Å². The monoisotopic (exact) mass is 573 g/mol. The quantitative estimate of drug-likeness (QED) is 0.230. The number of hydrogen-bond acceptors (Lipinski definition) is 8. The number of nitrogens with one attached hydrogen (secondary N) is 4. The minimum absolute atomic E-state index is 0.0948. The van der Waals surface area contributed by atoms with E-state index in [1.807, 2.05) is 20.8 Å². The molecule has 0 radical (unpaired) electrons. The number of aliphatic hydroxyl groups is 1. The molecule has 216 valence electrons. The summed E-state index contributed by atoms with van der Waals surface area (Å²) in [5.74, 6) is 0.107. The number of hydrogen-bond donors (Lipinski definition) is 5. The molecule has 40 heavy (non-hydrogen) atoms. The van der Waals surface area contributed by atoms with Crippen LogP contribution in [0.4, 0.5) is 0 Å². The van der Waals surface area contributed by atoms with Gasteiger partial charge in [-0.15, -0.1) is 0 Å². The smallest absolute Gasteiger partial charge is 0.258 e. The number of halogens is 1. The molecule has 1 aliphatic rings. The molecule has 12 heteroatoms. The van der Waals surface area contributed by atoms with Crippen molar-refractivity contribution in [3.8, 4) is 11.5 Å². The number of carbonyl (C=O) groups is 3. The third-order valence-electron chi connectivity index (χ3n) is 5.69. The van der Waals surface area contributed by atoms with E-state index in [9.17, 15) is 19.5 Å². The molecule has 3 rings (SSSR count). The summed E-state index contributed by atoms with van der Waals surface area (Å²) in [5, 5.41) is 23.0. The van der Waals surface area contributed by atoms with Gasteiger partial charge in [-0.3, -0.25) is 14.4 Å². The van der Waals surface area contributed by atoms with Crippen molar-refractivity contribution in [2.45, 2.75) is 45.3 Å². The number of carbonyl (C=O) groups excluding carboxylic acids is 3. The van der Waals surface area contributed by atoms with Crippen molar-refractivity contribution >= 4 is 35.0 Å². The molecular weight excluding hydrogens is 538 g/mol. The van der Waals surface area contributed by atoms with Gasteiger partial charge in [0.1, 0.15) is 24.2 Å². The minimum Gasteiger partial charge on any atom is -0.491 e. The largest absolute Gasteiger partial charge is 0.491 e. The second-order valence-electron chi connectivity index (χ2n) is 10.3. The first kappa shape index (κ1) is 30.9. The second kappa shape index (κ2) is 14.6. The minimum atomic E-state index is -0.659. The lowest BCUT2D eigenvalue weighted by Crippen LogP contribution is -2.42. The van der Waals surface area contributed by atoms with Crippen LogP contribution in [0.3, 0.4) is 0 Å². The summed E-state index contributed by atoms with van der Waals surface area (Å²) in [7, 11) is 0. The number of nitrogens with zero attached hydrogens (tertiary/aromatic N) is 1. The van der Waals surface area contributed by atoms with Crippen molar-refractivity contribution in [1.82, 2.24) is 21.4 Å². The van der Waals surface area contributed by atoms with Gasteiger partial charge in [-0.2, -0.15) is 5.10 Å². The zero-order valence-corrected chi connectivity index (χ0v) is 23.6. The van der Waals surface area contributed by atoms with Crippen LogP contribution >= 0.6 is 11.6 Å². The van der Waals surface area contributed by atoms with Crippen molar-refractivity contribution in [2.24, 2.45) is 5.10 Å². The maximum Gasteiger partial charge on any atom is 0.258 e. The maximum absolute atomic E-state index is 12.4. The van der Waals surface area contributed by atoms with Gasteiger partial charge in [-0.05, 0) is 68.8 Å². The highest BCUT2D eigenvalue weighted by Gasteiger charge is 2.16. The second-order valence-corrected chi connectivity index (χ2v) is 10.7. The number of benzene rings is 2. The number of β-amino-alcohol motifs (C(OH)–C–C–N with tert-alkyl or cyclic N) is 1. The van der Waals surface area contributed by atoms with E-state index in [0.717, 1.165) is 11.3 Å². The van der Waals surface area contributed by atoms with Crippen LogP contribution in [0.5, 0.6) is 11.5 Å². The fraction of sp³-hybridized carbons (Fsp3) is 0.429. The summed E-state index contributed by atoms with van der Waals surface area (Å²) in [4.78, 5) is 35.8. The van der Waals surface area contributed by atoms with Crippen molar-refractivity contribution in [3.63, 3.8) is 0 Å². The Morgan fingerprint density at radius 3 is 2.45 bits per heavy atom. The Morgan fingerprint density at radius 2 is 1.80 bits per heavy atom. The van der Waals surface area contributed by atoms with Crippen LogP contribution in [0.2, 0.25) is 5.02 Å². The highest BCUT2D eigenvalue weighted by Crippen LogP contribution is 2.26. The Bertz CT molecular complexity index is 1210. The highest BCUT2D eigenvalue weighted by atomic mass is 35.5. The van der Waals surface area contributed by atoms with Crippen LogP contribution in [-0.4, -0.2) is 73.0 Å². The molecule has 2 aromatic rings. The van der Waals surface area contributed by atoms with E-state index in [0.29, 0.717) is 41.5 Å². The summed E-state index contributed by atoms with van der Waals surface area (Å²) < 4.78 is 11.1. The first-order valence-electron chi connectivity index (χ1n) is 13.0. The molecule has 11 nitrogen and oxygen atoms in total. The average Bonchev–Trinajstić information content (AvgIpc) is 2.92. The molecule has 0 fully saturated rings. The Kier molecular flexibility index (Phi) is 11.3. The Hall–Kier alpha value is -3.67. The Balaban J connectivity index is 1.33. The lowest BCUT2D eigenvalue weighted by Gasteiger charge is -2.22. The summed E-state index contributed by atoms with van der Waals surface area (Å²) in [6.45, 7) is 6.79. The Morgan fingerprint density at radius 1 is 1.07 bits per heavy atom. The topological polar surface area (TPSA) is 150 Å². The zero-order chi connectivity index (χ0) is 29.1. The van der Waals surface area contributed by atoms with Gasteiger partial charge in [0, 0.05) is 43.6 Å². The van der Waals surface area contributed by atoms with Gasteiger partial charge >= 0.3 is 0 Å². The average molecular weight is 574 g/mol. The van der Waals surface area contributed by atoms with E-state index in [1.54, 1.807) is 42.5 Å². The molecule has 0 unspecified atom stereocenters. The number of rotatable bonds is 13. The highest BCUT2D eigenvalue weighted by molar-refractivity contribution is 6.32. The van der Waals surface area contributed by atoms with Gasteiger partial charge in [0.15, 0.2) is 6.61 Å². The number of ether oxygens (including phenoxy) is 2. The van der Waals surface area contributed by atoms with Crippen molar-refractivity contribution in [3.05, 3.63) is 58.6 Å².